The number of hydrogen-bond donors (Lipinski definition) is 2. The van der Waals surface area contributed by atoms with Crippen LogP contribution in [0.15, 0.2) is 24.3 Å². The molecule has 8 nitrogen and oxygen atoms in total. The van der Waals surface area contributed by atoms with Crippen LogP contribution < -0.4 is 0 Å². The van der Waals surface area contributed by atoms with Crippen LogP contribution in [0, 0.1) is 0 Å². The molecule has 0 aliphatic rings. The monoisotopic (exact) mass is 813 g/mol. The standard InChI is InChI=1S/C47H89O8P/c1-3-5-7-9-11-13-15-17-19-21-22-23-24-26-28-30-32-34-36-38-40-42-47(49)55-45(44-54-56(50,51)52)43-53-46(48)41-39-37-35-33-31-29-27-25-20-18-16-14-12-10-8-6-4-2/h18,20-22,45H,3-17,19,23-44H2,1-2H3,(H2,50,51,52)/b20-18-,22-21-. The zero-order chi connectivity index (χ0) is 41.1. The second-order valence-corrected chi connectivity index (χ2v) is 17.3. The molecule has 0 bridgehead atoms. The lowest BCUT2D eigenvalue weighted by atomic mass is 10.1. The number of esters is 2. The summed E-state index contributed by atoms with van der Waals surface area (Å²) in [5.74, 6) is -0.882. The van der Waals surface area contributed by atoms with Crippen LogP contribution in [0.1, 0.15) is 245 Å². The number of carbonyl (C=O) groups is 2. The SMILES string of the molecule is CCCCCCCC/C=C\CCCCCCCCCC(=O)OCC(COP(=O)(O)O)OC(=O)CCCCCCCCCCC/C=C\CCCCCCCCCC. The van der Waals surface area contributed by atoms with Crippen molar-refractivity contribution in [3.8, 4) is 0 Å². The van der Waals surface area contributed by atoms with E-state index >= 15 is 0 Å². The minimum absolute atomic E-state index is 0.211. The molecule has 2 N–H and O–H groups in total. The Balaban J connectivity index is 3.84. The molecule has 0 amide bonds. The van der Waals surface area contributed by atoms with E-state index < -0.39 is 32.5 Å². The highest BCUT2D eigenvalue weighted by atomic mass is 31.2. The summed E-state index contributed by atoms with van der Waals surface area (Å²) in [6, 6.07) is 0. The van der Waals surface area contributed by atoms with E-state index in [9.17, 15) is 14.2 Å². The van der Waals surface area contributed by atoms with E-state index in [1.807, 2.05) is 0 Å². The normalized spacial score (nSPS) is 12.6. The Morgan fingerprint density at radius 1 is 0.446 bits per heavy atom. The van der Waals surface area contributed by atoms with Crippen LogP contribution in [0.3, 0.4) is 0 Å². The third-order valence-corrected chi connectivity index (χ3v) is 10.9. The van der Waals surface area contributed by atoms with E-state index in [-0.39, 0.29) is 19.4 Å². The molecule has 0 fully saturated rings. The highest BCUT2D eigenvalue weighted by molar-refractivity contribution is 7.46. The Morgan fingerprint density at radius 2 is 0.750 bits per heavy atom. The second-order valence-electron chi connectivity index (χ2n) is 16.1. The Kier molecular flexibility index (Phi) is 42.0. The quantitative estimate of drug-likeness (QED) is 0.0270. The van der Waals surface area contributed by atoms with Crippen molar-refractivity contribution in [3.05, 3.63) is 24.3 Å². The van der Waals surface area contributed by atoms with Gasteiger partial charge in [0.2, 0.25) is 0 Å². The molecule has 0 rings (SSSR count). The fraction of sp³-hybridized carbons (Fsp3) is 0.872. The van der Waals surface area contributed by atoms with Crippen molar-refractivity contribution in [2.24, 2.45) is 0 Å². The molecule has 0 aromatic rings. The average Bonchev–Trinajstić information content (AvgIpc) is 3.17. The highest BCUT2D eigenvalue weighted by Crippen LogP contribution is 2.36. The molecular formula is C47H89O8P. The van der Waals surface area contributed by atoms with Gasteiger partial charge in [-0.25, -0.2) is 4.57 Å². The molecule has 0 aromatic heterocycles. The van der Waals surface area contributed by atoms with Gasteiger partial charge in [-0.3, -0.25) is 14.1 Å². The van der Waals surface area contributed by atoms with Crippen LogP contribution in [-0.2, 0) is 28.2 Å². The van der Waals surface area contributed by atoms with Gasteiger partial charge < -0.3 is 19.3 Å². The van der Waals surface area contributed by atoms with Gasteiger partial charge in [0, 0.05) is 12.8 Å². The molecule has 1 unspecified atom stereocenters. The van der Waals surface area contributed by atoms with E-state index in [1.54, 1.807) is 0 Å². The molecule has 330 valence electrons. The molecule has 0 saturated carbocycles. The van der Waals surface area contributed by atoms with Crippen molar-refractivity contribution < 1.29 is 37.9 Å². The van der Waals surface area contributed by atoms with Gasteiger partial charge in [-0.15, -0.1) is 0 Å². The fourth-order valence-corrected chi connectivity index (χ4v) is 7.25. The maximum atomic E-state index is 12.4. The molecule has 0 aromatic carbocycles. The molecule has 0 aliphatic heterocycles. The van der Waals surface area contributed by atoms with Gasteiger partial charge in [-0.1, -0.05) is 192 Å². The predicted octanol–water partition coefficient (Wildman–Crippen LogP) is 14.7. The van der Waals surface area contributed by atoms with Gasteiger partial charge in [0.1, 0.15) is 6.61 Å². The summed E-state index contributed by atoms with van der Waals surface area (Å²) in [6.07, 6.45) is 50.4. The summed E-state index contributed by atoms with van der Waals surface area (Å²) < 4.78 is 26.5. The largest absolute Gasteiger partial charge is 0.469 e. The van der Waals surface area contributed by atoms with Crippen LogP contribution in [0.25, 0.3) is 0 Å². The Bertz CT molecular complexity index is 962. The number of allylic oxidation sites excluding steroid dienone is 4. The Morgan fingerprint density at radius 3 is 1.09 bits per heavy atom. The van der Waals surface area contributed by atoms with E-state index in [1.165, 1.54) is 161 Å². The first-order chi connectivity index (χ1) is 27.3. The van der Waals surface area contributed by atoms with Crippen molar-refractivity contribution in [3.63, 3.8) is 0 Å². The zero-order valence-corrected chi connectivity index (χ0v) is 37.4. The summed E-state index contributed by atoms with van der Waals surface area (Å²) in [5, 5.41) is 0. The number of phosphoric ester groups is 1. The maximum absolute atomic E-state index is 12.4. The number of unbranched alkanes of at least 4 members (excludes halogenated alkanes) is 30. The van der Waals surface area contributed by atoms with Gasteiger partial charge in [-0.2, -0.15) is 0 Å². The number of carbonyl (C=O) groups excluding carboxylic acids is 2. The lowest BCUT2D eigenvalue weighted by Gasteiger charge is -2.18. The third-order valence-electron chi connectivity index (χ3n) is 10.4. The first-order valence-electron chi connectivity index (χ1n) is 23.6. The lowest BCUT2D eigenvalue weighted by Crippen LogP contribution is -2.29. The van der Waals surface area contributed by atoms with E-state index in [0.29, 0.717) is 6.42 Å². The minimum atomic E-state index is -4.76. The molecule has 1 atom stereocenters. The summed E-state index contributed by atoms with van der Waals surface area (Å²) in [5.41, 5.74) is 0. The number of phosphoric acid groups is 1. The molecule has 0 heterocycles. The number of ether oxygens (including phenoxy) is 2. The Hall–Kier alpha value is -1.47. The smallest absolute Gasteiger partial charge is 0.462 e. The predicted molar refractivity (Wildman–Crippen MR) is 235 cm³/mol. The molecular weight excluding hydrogens is 723 g/mol. The first kappa shape index (κ1) is 54.5. The maximum Gasteiger partial charge on any atom is 0.469 e. The van der Waals surface area contributed by atoms with Crippen LogP contribution in [0.5, 0.6) is 0 Å². The molecule has 0 aliphatic carbocycles. The molecule has 0 spiro atoms. The van der Waals surface area contributed by atoms with Gasteiger partial charge in [0.05, 0.1) is 6.61 Å². The Labute approximate surface area is 345 Å². The van der Waals surface area contributed by atoms with Gasteiger partial charge in [0.25, 0.3) is 0 Å². The van der Waals surface area contributed by atoms with Crippen LogP contribution in [0.2, 0.25) is 0 Å². The van der Waals surface area contributed by atoms with Crippen molar-refractivity contribution in [2.45, 2.75) is 251 Å². The molecule has 9 heteroatoms. The fourth-order valence-electron chi connectivity index (χ4n) is 6.89. The van der Waals surface area contributed by atoms with E-state index in [4.69, 9.17) is 19.3 Å². The van der Waals surface area contributed by atoms with Crippen molar-refractivity contribution >= 4 is 19.8 Å². The molecule has 56 heavy (non-hydrogen) atoms. The van der Waals surface area contributed by atoms with E-state index in [0.717, 1.165) is 51.4 Å². The summed E-state index contributed by atoms with van der Waals surface area (Å²) in [4.78, 5) is 43.0. The summed E-state index contributed by atoms with van der Waals surface area (Å²) in [7, 11) is -4.76. The molecule has 0 radical (unpaired) electrons. The van der Waals surface area contributed by atoms with Crippen molar-refractivity contribution in [2.75, 3.05) is 13.2 Å². The van der Waals surface area contributed by atoms with Crippen molar-refractivity contribution in [1.82, 2.24) is 0 Å². The zero-order valence-electron chi connectivity index (χ0n) is 36.5. The van der Waals surface area contributed by atoms with Crippen LogP contribution in [-0.4, -0.2) is 41.0 Å². The van der Waals surface area contributed by atoms with Crippen LogP contribution in [0.4, 0.5) is 0 Å². The van der Waals surface area contributed by atoms with Gasteiger partial charge in [-0.05, 0) is 64.2 Å². The summed E-state index contributed by atoms with van der Waals surface area (Å²) in [6.45, 7) is 3.71. The average molecular weight is 813 g/mol. The first-order valence-corrected chi connectivity index (χ1v) is 25.2. The third kappa shape index (κ3) is 45.2. The number of rotatable bonds is 44. The van der Waals surface area contributed by atoms with E-state index in [2.05, 4.69) is 42.7 Å². The number of hydrogen-bond acceptors (Lipinski definition) is 6. The van der Waals surface area contributed by atoms with Crippen molar-refractivity contribution in [1.29, 1.82) is 0 Å². The van der Waals surface area contributed by atoms with Gasteiger partial charge in [0.15, 0.2) is 6.10 Å². The second kappa shape index (κ2) is 43.1. The summed E-state index contributed by atoms with van der Waals surface area (Å²) >= 11 is 0. The van der Waals surface area contributed by atoms with Crippen LogP contribution >= 0.6 is 7.82 Å². The topological polar surface area (TPSA) is 119 Å². The highest BCUT2D eigenvalue weighted by Gasteiger charge is 2.23. The molecule has 0 saturated heterocycles. The minimum Gasteiger partial charge on any atom is -0.462 e. The van der Waals surface area contributed by atoms with Gasteiger partial charge >= 0.3 is 19.8 Å². The lowest BCUT2D eigenvalue weighted by molar-refractivity contribution is -0.161.